The monoisotopic (exact) mass is 290 g/mol. The number of para-hydroxylation sites is 1. The van der Waals surface area contributed by atoms with Crippen LogP contribution in [0.1, 0.15) is 10.4 Å². The van der Waals surface area contributed by atoms with Gasteiger partial charge in [-0.3, -0.25) is 4.21 Å². The van der Waals surface area contributed by atoms with Gasteiger partial charge in [0.25, 0.3) is 0 Å². The minimum Gasteiger partial charge on any atom is -0.493 e. The van der Waals surface area contributed by atoms with Crippen LogP contribution in [0.15, 0.2) is 59.5 Å². The lowest BCUT2D eigenvalue weighted by Crippen LogP contribution is -2.09. The van der Waals surface area contributed by atoms with E-state index in [0.29, 0.717) is 17.3 Å². The molecule has 0 amide bonds. The first-order valence-electron chi connectivity index (χ1n) is 6.06. The molecule has 20 heavy (non-hydrogen) atoms. The fraction of sp³-hybridized carbons (Fsp3) is 0.133. The van der Waals surface area contributed by atoms with Crippen LogP contribution in [0.2, 0.25) is 0 Å². The van der Waals surface area contributed by atoms with Gasteiger partial charge in [-0.15, -0.1) is 0 Å². The van der Waals surface area contributed by atoms with E-state index >= 15 is 0 Å². The number of rotatable bonds is 6. The van der Waals surface area contributed by atoms with Crippen molar-refractivity contribution in [1.82, 2.24) is 0 Å². The van der Waals surface area contributed by atoms with Crippen molar-refractivity contribution < 1.29 is 18.8 Å². The standard InChI is InChI=1S/C15H14O4S/c16-15(17)12-6-8-14(9-7-12)20(18)11-10-19-13-4-2-1-3-5-13/h1-9H,10-11H2,(H,16,17). The zero-order valence-electron chi connectivity index (χ0n) is 10.7. The first-order valence-corrected chi connectivity index (χ1v) is 7.38. The maximum atomic E-state index is 12.0. The summed E-state index contributed by atoms with van der Waals surface area (Å²) in [4.78, 5) is 11.3. The smallest absolute Gasteiger partial charge is 0.335 e. The molecule has 2 aromatic carbocycles. The highest BCUT2D eigenvalue weighted by Gasteiger charge is 2.07. The van der Waals surface area contributed by atoms with E-state index in [-0.39, 0.29) is 5.56 Å². The van der Waals surface area contributed by atoms with Crippen molar-refractivity contribution in [1.29, 1.82) is 0 Å². The van der Waals surface area contributed by atoms with Crippen molar-refractivity contribution in [3.05, 3.63) is 60.2 Å². The average Bonchev–Trinajstić information content (AvgIpc) is 2.48. The third-order valence-electron chi connectivity index (χ3n) is 2.64. The Hall–Kier alpha value is -2.14. The van der Waals surface area contributed by atoms with Gasteiger partial charge in [-0.2, -0.15) is 0 Å². The van der Waals surface area contributed by atoms with E-state index in [1.54, 1.807) is 12.1 Å². The summed E-state index contributed by atoms with van der Waals surface area (Å²) < 4.78 is 17.5. The summed E-state index contributed by atoms with van der Waals surface area (Å²) in [5.74, 6) is 0.113. The van der Waals surface area contributed by atoms with E-state index in [1.807, 2.05) is 30.3 Å². The minimum atomic E-state index is -1.20. The van der Waals surface area contributed by atoms with Crippen LogP contribution in [0.3, 0.4) is 0 Å². The maximum Gasteiger partial charge on any atom is 0.335 e. The van der Waals surface area contributed by atoms with E-state index < -0.39 is 16.8 Å². The van der Waals surface area contributed by atoms with Gasteiger partial charge in [0.2, 0.25) is 0 Å². The van der Waals surface area contributed by atoms with Gasteiger partial charge < -0.3 is 9.84 Å². The lowest BCUT2D eigenvalue weighted by atomic mass is 10.2. The SMILES string of the molecule is O=C(O)c1ccc(S(=O)CCOc2ccccc2)cc1. The first-order chi connectivity index (χ1) is 9.66. The summed E-state index contributed by atoms with van der Waals surface area (Å²) >= 11 is 0. The van der Waals surface area contributed by atoms with Crippen LogP contribution in [0, 0.1) is 0 Å². The number of carbonyl (C=O) groups is 1. The quantitative estimate of drug-likeness (QED) is 0.888. The van der Waals surface area contributed by atoms with Crippen LogP contribution in [0.25, 0.3) is 0 Å². The average molecular weight is 290 g/mol. The Kier molecular flexibility index (Phi) is 4.90. The van der Waals surface area contributed by atoms with Gasteiger partial charge in [-0.25, -0.2) is 4.79 Å². The van der Waals surface area contributed by atoms with Crippen LogP contribution in [-0.2, 0) is 10.8 Å². The highest BCUT2D eigenvalue weighted by molar-refractivity contribution is 7.85. The summed E-state index contributed by atoms with van der Waals surface area (Å²) in [5.41, 5.74) is 0.186. The zero-order valence-corrected chi connectivity index (χ0v) is 11.5. The van der Waals surface area contributed by atoms with Gasteiger partial charge in [-0.1, -0.05) is 18.2 Å². The van der Waals surface area contributed by atoms with Crippen LogP contribution >= 0.6 is 0 Å². The Morgan fingerprint density at radius 2 is 1.70 bits per heavy atom. The van der Waals surface area contributed by atoms with Crippen molar-refractivity contribution >= 4 is 16.8 Å². The second-order valence-corrected chi connectivity index (χ2v) is 5.61. The van der Waals surface area contributed by atoms with Gasteiger partial charge in [0.15, 0.2) is 0 Å². The van der Waals surface area contributed by atoms with Crippen LogP contribution in [-0.4, -0.2) is 27.6 Å². The Balaban J connectivity index is 1.87. The molecule has 0 saturated carbocycles. The molecule has 0 aliphatic rings. The van der Waals surface area contributed by atoms with Gasteiger partial charge in [0.05, 0.1) is 22.1 Å². The molecule has 2 aromatic rings. The van der Waals surface area contributed by atoms with Gasteiger partial charge in [-0.05, 0) is 36.4 Å². The van der Waals surface area contributed by atoms with Gasteiger partial charge in [0.1, 0.15) is 12.4 Å². The second kappa shape index (κ2) is 6.86. The molecule has 0 heterocycles. The number of carboxylic acid groups (broad SMARTS) is 1. The maximum absolute atomic E-state index is 12.0. The zero-order chi connectivity index (χ0) is 14.4. The van der Waals surface area contributed by atoms with Crippen molar-refractivity contribution in [3.8, 4) is 5.75 Å². The molecule has 0 spiro atoms. The number of hydrogen-bond acceptors (Lipinski definition) is 3. The number of benzene rings is 2. The summed E-state index contributed by atoms with van der Waals surface area (Å²) in [6.45, 7) is 0.345. The molecule has 0 saturated heterocycles. The molecule has 2 rings (SSSR count). The fourth-order valence-electron chi connectivity index (χ4n) is 1.62. The molecule has 4 nitrogen and oxygen atoms in total. The summed E-state index contributed by atoms with van der Waals surface area (Å²) in [7, 11) is -1.20. The van der Waals surface area contributed by atoms with E-state index in [4.69, 9.17) is 9.84 Å². The lowest BCUT2D eigenvalue weighted by Gasteiger charge is -2.06. The van der Waals surface area contributed by atoms with E-state index in [1.165, 1.54) is 12.1 Å². The Bertz CT molecular complexity index is 593. The molecule has 104 valence electrons. The molecule has 0 fully saturated rings. The Labute approximate surface area is 119 Å². The number of hydrogen-bond donors (Lipinski definition) is 1. The molecule has 0 aromatic heterocycles. The number of carboxylic acids is 1. The summed E-state index contributed by atoms with van der Waals surface area (Å²) in [5, 5.41) is 8.79. The largest absolute Gasteiger partial charge is 0.493 e. The highest BCUT2D eigenvalue weighted by atomic mass is 32.2. The predicted molar refractivity (Wildman–Crippen MR) is 76.6 cm³/mol. The molecule has 0 aliphatic heterocycles. The van der Waals surface area contributed by atoms with Gasteiger partial charge in [0, 0.05) is 4.90 Å². The third kappa shape index (κ3) is 3.93. The minimum absolute atomic E-state index is 0.186. The number of ether oxygens (including phenoxy) is 1. The Morgan fingerprint density at radius 1 is 1.05 bits per heavy atom. The van der Waals surface area contributed by atoms with Crippen LogP contribution in [0.5, 0.6) is 5.75 Å². The van der Waals surface area contributed by atoms with E-state index in [9.17, 15) is 9.00 Å². The Morgan fingerprint density at radius 3 is 2.30 bits per heavy atom. The first kappa shape index (κ1) is 14.3. The number of aromatic carboxylic acids is 1. The molecule has 0 bridgehead atoms. The normalized spacial score (nSPS) is 11.8. The molecular weight excluding hydrogens is 276 g/mol. The molecule has 1 N–H and O–H groups in total. The van der Waals surface area contributed by atoms with E-state index in [0.717, 1.165) is 5.75 Å². The summed E-state index contributed by atoms with van der Waals surface area (Å²) in [6.07, 6.45) is 0. The van der Waals surface area contributed by atoms with Crippen LogP contribution in [0.4, 0.5) is 0 Å². The van der Waals surface area contributed by atoms with E-state index in [2.05, 4.69) is 0 Å². The topological polar surface area (TPSA) is 63.6 Å². The third-order valence-corrected chi connectivity index (χ3v) is 3.98. The van der Waals surface area contributed by atoms with Crippen molar-refractivity contribution in [2.45, 2.75) is 4.90 Å². The van der Waals surface area contributed by atoms with Gasteiger partial charge >= 0.3 is 5.97 Å². The lowest BCUT2D eigenvalue weighted by molar-refractivity contribution is 0.0697. The van der Waals surface area contributed by atoms with Crippen LogP contribution < -0.4 is 4.74 Å². The molecule has 0 radical (unpaired) electrons. The van der Waals surface area contributed by atoms with Crippen molar-refractivity contribution in [3.63, 3.8) is 0 Å². The highest BCUT2D eigenvalue weighted by Crippen LogP contribution is 2.11. The summed E-state index contributed by atoms with van der Waals surface area (Å²) in [6, 6.07) is 15.4. The molecule has 1 atom stereocenters. The second-order valence-electron chi connectivity index (χ2n) is 4.04. The molecule has 0 aliphatic carbocycles. The fourth-order valence-corrected chi connectivity index (χ4v) is 2.53. The van der Waals surface area contributed by atoms with Crippen molar-refractivity contribution in [2.75, 3.05) is 12.4 Å². The molecular formula is C15H14O4S. The predicted octanol–water partition coefficient (Wildman–Crippen LogP) is 2.57. The molecule has 5 heteroatoms. The molecule has 1 unspecified atom stereocenters. The van der Waals surface area contributed by atoms with Crippen molar-refractivity contribution in [2.24, 2.45) is 0 Å².